The number of esters is 3. The van der Waals surface area contributed by atoms with Crippen LogP contribution in [0, 0.1) is 0 Å². The highest BCUT2D eigenvalue weighted by molar-refractivity contribution is 5.92. The molecule has 12 heteroatoms. The number of carbonyl (C=O) groups excluding carboxylic acids is 3. The lowest BCUT2D eigenvalue weighted by molar-refractivity contribution is 0.0506. The minimum absolute atomic E-state index is 0.157. The van der Waals surface area contributed by atoms with Gasteiger partial charge in [-0.15, -0.1) is 0 Å². The van der Waals surface area contributed by atoms with E-state index < -0.39 is 17.9 Å². The minimum Gasteiger partial charge on any atom is -0.461 e. The van der Waals surface area contributed by atoms with Gasteiger partial charge in [0.05, 0.1) is 39.6 Å². The molecule has 0 fully saturated rings. The van der Waals surface area contributed by atoms with Crippen LogP contribution in [-0.2, 0) is 67.5 Å². The molecule has 12 nitrogen and oxygen atoms in total. The third-order valence-electron chi connectivity index (χ3n) is 7.28. The molecule has 4 rings (SSSR count). The molecule has 0 aliphatic heterocycles. The van der Waals surface area contributed by atoms with Gasteiger partial charge >= 0.3 is 17.9 Å². The van der Waals surface area contributed by atoms with Crippen LogP contribution in [0.2, 0.25) is 0 Å². The summed E-state index contributed by atoms with van der Waals surface area (Å²) in [6.07, 6.45) is 1.10. The lowest BCUT2D eigenvalue weighted by atomic mass is 9.98. The van der Waals surface area contributed by atoms with E-state index in [4.69, 9.17) is 28.4 Å². The van der Waals surface area contributed by atoms with E-state index in [1.165, 1.54) is 0 Å². The first kappa shape index (κ1) is 31.1. The molecule has 0 saturated heterocycles. The highest BCUT2D eigenvalue weighted by Crippen LogP contribution is 2.36. The van der Waals surface area contributed by atoms with E-state index in [1.807, 2.05) is 0 Å². The van der Waals surface area contributed by atoms with E-state index in [-0.39, 0.29) is 39.6 Å². The molecular weight excluding hydrogens is 546 g/mol. The second-order valence-electron chi connectivity index (χ2n) is 9.80. The van der Waals surface area contributed by atoms with Crippen molar-refractivity contribution in [1.29, 1.82) is 0 Å². The number of H-pyrrole nitrogens is 3. The topological polar surface area (TPSA) is 154 Å². The van der Waals surface area contributed by atoms with Crippen LogP contribution in [0.3, 0.4) is 0 Å². The molecule has 0 radical (unpaired) electrons. The van der Waals surface area contributed by atoms with Gasteiger partial charge in [0.15, 0.2) is 0 Å². The van der Waals surface area contributed by atoms with Crippen LogP contribution in [0.4, 0.5) is 0 Å². The number of ether oxygens (including phenoxy) is 6. The highest BCUT2D eigenvalue weighted by Gasteiger charge is 2.32. The summed E-state index contributed by atoms with van der Waals surface area (Å²) in [4.78, 5) is 49.1. The standard InChI is InChI=1S/C30H39N3O9/c1-7-40-28(34)25-19(13-37-4)16-10-23-18(21(15-39-6)27(32-23)30(36)42-9-3)12-24-17(11-22(16)31-25)20(14-38-5)26(33-24)29(35)41-8-2/h31-33H,7-15H2,1-6H3. The van der Waals surface area contributed by atoms with Crippen molar-refractivity contribution in [3.63, 3.8) is 0 Å². The van der Waals surface area contributed by atoms with E-state index in [2.05, 4.69) is 15.0 Å². The molecule has 42 heavy (non-hydrogen) atoms. The fraction of sp³-hybridized carbons (Fsp3) is 0.500. The number of hydrogen-bond acceptors (Lipinski definition) is 9. The number of rotatable bonds is 12. The summed E-state index contributed by atoms with van der Waals surface area (Å²) in [5.74, 6) is -1.48. The number of fused-ring (bicyclic) bond motifs is 3. The van der Waals surface area contributed by atoms with Crippen LogP contribution < -0.4 is 0 Å². The van der Waals surface area contributed by atoms with E-state index in [0.29, 0.717) is 53.0 Å². The Kier molecular flexibility index (Phi) is 10.3. The van der Waals surface area contributed by atoms with Crippen molar-refractivity contribution < 1.29 is 42.8 Å². The maximum absolute atomic E-state index is 13.0. The third-order valence-corrected chi connectivity index (χ3v) is 7.28. The number of hydrogen-bond donors (Lipinski definition) is 3. The Labute approximate surface area is 244 Å². The number of carbonyl (C=O) groups is 3. The Bertz CT molecular complexity index is 1270. The number of aromatic amines is 3. The predicted molar refractivity (Wildman–Crippen MR) is 151 cm³/mol. The predicted octanol–water partition coefficient (Wildman–Crippen LogP) is 3.73. The van der Waals surface area contributed by atoms with Gasteiger partial charge in [0.25, 0.3) is 0 Å². The Morgan fingerprint density at radius 1 is 0.524 bits per heavy atom. The quantitative estimate of drug-likeness (QED) is 0.167. The molecule has 0 bridgehead atoms. The van der Waals surface area contributed by atoms with Crippen molar-refractivity contribution in [2.24, 2.45) is 0 Å². The molecule has 228 valence electrons. The van der Waals surface area contributed by atoms with Gasteiger partial charge in [0, 0.05) is 74.4 Å². The highest BCUT2D eigenvalue weighted by atomic mass is 16.5. The number of nitrogens with one attached hydrogen (secondary N) is 3. The van der Waals surface area contributed by atoms with Crippen LogP contribution in [0.1, 0.15) is 103 Å². The summed E-state index contributed by atoms with van der Waals surface area (Å²) in [5.41, 5.74) is 7.65. The maximum atomic E-state index is 13.0. The van der Waals surface area contributed by atoms with Gasteiger partial charge in [0.1, 0.15) is 17.1 Å². The first-order valence-corrected chi connectivity index (χ1v) is 14.0. The lowest BCUT2D eigenvalue weighted by Gasteiger charge is -2.09. The summed E-state index contributed by atoms with van der Waals surface area (Å²) >= 11 is 0. The monoisotopic (exact) mass is 585 g/mol. The largest absolute Gasteiger partial charge is 0.461 e. The van der Waals surface area contributed by atoms with Gasteiger partial charge in [-0.2, -0.15) is 0 Å². The first-order chi connectivity index (χ1) is 20.3. The van der Waals surface area contributed by atoms with Gasteiger partial charge in [0.2, 0.25) is 0 Å². The molecule has 0 atom stereocenters. The number of methoxy groups -OCH3 is 3. The second-order valence-corrected chi connectivity index (χ2v) is 9.80. The molecular formula is C30H39N3O9. The van der Waals surface area contributed by atoms with Crippen LogP contribution in [0.25, 0.3) is 0 Å². The molecule has 0 aromatic carbocycles. The van der Waals surface area contributed by atoms with Crippen LogP contribution >= 0.6 is 0 Å². The fourth-order valence-electron chi connectivity index (χ4n) is 5.57. The summed E-state index contributed by atoms with van der Waals surface area (Å²) in [5, 5.41) is 0. The minimum atomic E-state index is -0.494. The molecule has 3 aromatic heterocycles. The summed E-state index contributed by atoms with van der Waals surface area (Å²) in [6.45, 7) is 6.34. The summed E-state index contributed by atoms with van der Waals surface area (Å²) < 4.78 is 32.7. The van der Waals surface area contributed by atoms with Crippen molar-refractivity contribution in [2.75, 3.05) is 41.2 Å². The Morgan fingerprint density at radius 2 is 0.786 bits per heavy atom. The van der Waals surface area contributed by atoms with Gasteiger partial charge in [-0.25, -0.2) is 14.4 Å². The van der Waals surface area contributed by atoms with E-state index in [9.17, 15) is 14.4 Å². The molecule has 1 aliphatic carbocycles. The normalized spacial score (nSPS) is 12.4. The molecule has 1 aliphatic rings. The molecule has 3 N–H and O–H groups in total. The van der Waals surface area contributed by atoms with Crippen LogP contribution in [-0.4, -0.2) is 74.0 Å². The Balaban J connectivity index is 2.04. The van der Waals surface area contributed by atoms with E-state index in [1.54, 1.807) is 42.1 Å². The van der Waals surface area contributed by atoms with Crippen LogP contribution in [0.15, 0.2) is 0 Å². The zero-order chi connectivity index (χ0) is 30.4. The molecule has 0 saturated carbocycles. The van der Waals surface area contributed by atoms with Gasteiger partial charge in [-0.1, -0.05) is 0 Å². The van der Waals surface area contributed by atoms with Crippen molar-refractivity contribution in [3.8, 4) is 0 Å². The average molecular weight is 586 g/mol. The fourth-order valence-corrected chi connectivity index (χ4v) is 5.57. The molecule has 3 heterocycles. The molecule has 0 amide bonds. The number of aromatic nitrogens is 3. The van der Waals surface area contributed by atoms with Crippen molar-refractivity contribution in [3.05, 3.63) is 67.5 Å². The average Bonchev–Trinajstić information content (AvgIpc) is 3.59. The lowest BCUT2D eigenvalue weighted by Crippen LogP contribution is -2.09. The summed E-state index contributed by atoms with van der Waals surface area (Å²) in [6, 6.07) is 0. The van der Waals surface area contributed by atoms with E-state index in [0.717, 1.165) is 33.8 Å². The smallest absolute Gasteiger partial charge is 0.355 e. The van der Waals surface area contributed by atoms with E-state index >= 15 is 0 Å². The molecule has 0 unspecified atom stereocenters. The zero-order valence-corrected chi connectivity index (χ0v) is 25.0. The molecule has 3 aromatic rings. The van der Waals surface area contributed by atoms with Crippen molar-refractivity contribution in [1.82, 2.24) is 15.0 Å². The maximum Gasteiger partial charge on any atom is 0.355 e. The van der Waals surface area contributed by atoms with Gasteiger partial charge in [-0.05, 0) is 37.5 Å². The van der Waals surface area contributed by atoms with Crippen LogP contribution in [0.5, 0.6) is 0 Å². The van der Waals surface area contributed by atoms with Crippen molar-refractivity contribution in [2.45, 2.75) is 59.9 Å². The third kappa shape index (κ3) is 6.01. The second kappa shape index (κ2) is 13.9. The SMILES string of the molecule is CCOC(=O)c1[nH]c2c(c1COC)Cc1[nH]c(C(=O)OCC)c(COC)c1Cc1[nH]c(C(=O)OCC)c(COC)c1C2. The van der Waals surface area contributed by atoms with Gasteiger partial charge < -0.3 is 43.4 Å². The van der Waals surface area contributed by atoms with Crippen molar-refractivity contribution >= 4 is 17.9 Å². The van der Waals surface area contributed by atoms with Gasteiger partial charge in [-0.3, -0.25) is 0 Å². The first-order valence-electron chi connectivity index (χ1n) is 14.0. The summed E-state index contributed by atoms with van der Waals surface area (Å²) in [7, 11) is 4.68. The zero-order valence-electron chi connectivity index (χ0n) is 25.0. The molecule has 0 spiro atoms. The Hall–Kier alpha value is -3.87. The Morgan fingerprint density at radius 3 is 1.00 bits per heavy atom.